The number of phenolic OH excluding ortho intramolecular Hbond substituents is 1. The van der Waals surface area contributed by atoms with Gasteiger partial charge in [0, 0.05) is 11.6 Å². The van der Waals surface area contributed by atoms with Gasteiger partial charge >= 0.3 is 6.09 Å². The Bertz CT molecular complexity index is 797. The Morgan fingerprint density at radius 3 is 1.97 bits per heavy atom. The van der Waals surface area contributed by atoms with Crippen LogP contribution in [0.3, 0.4) is 0 Å². The molecule has 0 fully saturated rings. The average Bonchev–Trinajstić information content (AvgIpc) is 2.63. The van der Waals surface area contributed by atoms with Crippen LogP contribution in [0.1, 0.15) is 80.3 Å². The second kappa shape index (κ2) is 10.7. The summed E-state index contributed by atoms with van der Waals surface area (Å²) >= 11 is 0. The fraction of sp³-hybridized carbons (Fsp3) is 0.625. The maximum Gasteiger partial charge on any atom is 0.408 e. The monoisotopic (exact) mass is 449 g/mol. The molecule has 8 heteroatoms. The first-order chi connectivity index (χ1) is 14.6. The number of aromatic hydroxyl groups is 1. The van der Waals surface area contributed by atoms with E-state index in [1.807, 2.05) is 34.6 Å². The summed E-state index contributed by atoms with van der Waals surface area (Å²) < 4.78 is 5.28. The Kier molecular flexibility index (Phi) is 9.12. The Morgan fingerprint density at radius 2 is 1.53 bits per heavy atom. The normalized spacial score (nSPS) is 13.8. The topological polar surface area (TPSA) is 108 Å². The molecule has 0 radical (unpaired) electrons. The lowest BCUT2D eigenvalue weighted by Gasteiger charge is -2.44. The fourth-order valence-electron chi connectivity index (χ4n) is 3.14. The number of hydrogen-bond donors (Lipinski definition) is 3. The molecule has 3 N–H and O–H groups in total. The predicted molar refractivity (Wildman–Crippen MR) is 124 cm³/mol. The molecule has 1 aromatic rings. The molecule has 0 saturated carbocycles. The quantitative estimate of drug-likeness (QED) is 0.558. The third-order valence-corrected chi connectivity index (χ3v) is 5.00. The Hall–Kier alpha value is -2.77. The van der Waals surface area contributed by atoms with E-state index in [1.54, 1.807) is 39.8 Å². The lowest BCUT2D eigenvalue weighted by molar-refractivity contribution is -0.149. The second-order valence-electron chi connectivity index (χ2n) is 9.90. The molecule has 1 rings (SSSR count). The van der Waals surface area contributed by atoms with Crippen LogP contribution in [0.2, 0.25) is 0 Å². The number of carbonyl (C=O) groups excluding carboxylic acids is 3. The molecule has 3 amide bonds. The number of ether oxygens (including phenoxy) is 1. The summed E-state index contributed by atoms with van der Waals surface area (Å²) in [5, 5.41) is 15.2. The summed E-state index contributed by atoms with van der Waals surface area (Å²) in [5.74, 6) is -0.700. The fourth-order valence-corrected chi connectivity index (χ4v) is 3.14. The lowest BCUT2D eigenvalue weighted by atomic mass is 9.92. The van der Waals surface area contributed by atoms with Gasteiger partial charge in [0.25, 0.3) is 0 Å². The molecule has 2 unspecified atom stereocenters. The molecule has 0 aliphatic carbocycles. The van der Waals surface area contributed by atoms with Crippen molar-refractivity contribution < 1.29 is 24.2 Å². The SMILES string of the molecule is CCC(C)(C)N(C(=O)C(C)NC(=O)OC(C)(C)C)C(C(=O)NC(C)C)c1ccc(O)cc1. The predicted octanol–water partition coefficient (Wildman–Crippen LogP) is 3.89. The molecule has 0 aromatic heterocycles. The van der Waals surface area contributed by atoms with Crippen LogP contribution in [-0.2, 0) is 14.3 Å². The number of amides is 3. The molecule has 32 heavy (non-hydrogen) atoms. The van der Waals surface area contributed by atoms with E-state index >= 15 is 0 Å². The second-order valence-corrected chi connectivity index (χ2v) is 9.90. The minimum atomic E-state index is -0.955. The van der Waals surface area contributed by atoms with E-state index < -0.39 is 35.2 Å². The molecule has 0 saturated heterocycles. The van der Waals surface area contributed by atoms with Crippen LogP contribution in [-0.4, -0.2) is 51.1 Å². The van der Waals surface area contributed by atoms with E-state index in [0.717, 1.165) is 0 Å². The van der Waals surface area contributed by atoms with Gasteiger partial charge in [-0.05, 0) is 79.5 Å². The lowest BCUT2D eigenvalue weighted by Crippen LogP contribution is -2.59. The molecule has 8 nitrogen and oxygen atoms in total. The van der Waals surface area contributed by atoms with Crippen molar-refractivity contribution in [1.29, 1.82) is 0 Å². The zero-order valence-electron chi connectivity index (χ0n) is 20.8. The number of nitrogens with one attached hydrogen (secondary N) is 2. The smallest absolute Gasteiger partial charge is 0.408 e. The number of phenols is 1. The van der Waals surface area contributed by atoms with Crippen molar-refractivity contribution in [2.45, 2.75) is 98.0 Å². The van der Waals surface area contributed by atoms with E-state index in [9.17, 15) is 19.5 Å². The third-order valence-electron chi connectivity index (χ3n) is 5.00. The van der Waals surface area contributed by atoms with Crippen LogP contribution in [0.5, 0.6) is 5.75 Å². The number of hydrogen-bond acceptors (Lipinski definition) is 5. The third kappa shape index (κ3) is 7.73. The largest absolute Gasteiger partial charge is 0.508 e. The zero-order valence-corrected chi connectivity index (χ0v) is 20.8. The van der Waals surface area contributed by atoms with Crippen molar-refractivity contribution in [3.8, 4) is 5.75 Å². The van der Waals surface area contributed by atoms with Crippen LogP contribution in [0.4, 0.5) is 4.79 Å². The van der Waals surface area contributed by atoms with E-state index in [-0.39, 0.29) is 17.7 Å². The Balaban J connectivity index is 3.43. The van der Waals surface area contributed by atoms with Crippen LogP contribution in [0.15, 0.2) is 24.3 Å². The molecular weight excluding hydrogens is 410 g/mol. The van der Waals surface area contributed by atoms with Crippen molar-refractivity contribution in [3.63, 3.8) is 0 Å². The van der Waals surface area contributed by atoms with E-state index in [2.05, 4.69) is 10.6 Å². The summed E-state index contributed by atoms with van der Waals surface area (Å²) in [6.45, 7) is 16.2. The number of alkyl carbamates (subject to hydrolysis) is 1. The van der Waals surface area contributed by atoms with Crippen molar-refractivity contribution in [1.82, 2.24) is 15.5 Å². The molecule has 0 spiro atoms. The zero-order chi connectivity index (χ0) is 24.9. The first kappa shape index (κ1) is 27.3. The summed E-state index contributed by atoms with van der Waals surface area (Å²) in [5.41, 5.74) is -0.862. The highest BCUT2D eigenvalue weighted by atomic mass is 16.6. The Labute approximate surface area is 191 Å². The van der Waals surface area contributed by atoms with E-state index in [4.69, 9.17) is 4.74 Å². The van der Waals surface area contributed by atoms with E-state index in [0.29, 0.717) is 12.0 Å². The summed E-state index contributed by atoms with van der Waals surface area (Å²) in [6.07, 6.45) is -0.137. The standard InChI is InChI=1S/C24H39N3O5/c1-10-24(8,9)27(21(30)16(4)26-22(31)32-23(5,6)7)19(20(29)25-15(2)3)17-11-13-18(28)14-12-17/h11-16,19,28H,10H2,1-9H3,(H,25,29)(H,26,31). The minimum absolute atomic E-state index is 0.0596. The average molecular weight is 450 g/mol. The molecule has 0 aliphatic rings. The number of carbonyl (C=O) groups is 3. The van der Waals surface area contributed by atoms with E-state index in [1.165, 1.54) is 17.0 Å². The Morgan fingerprint density at radius 1 is 1.00 bits per heavy atom. The van der Waals surface area contributed by atoms with Crippen molar-refractivity contribution in [3.05, 3.63) is 29.8 Å². The summed E-state index contributed by atoms with van der Waals surface area (Å²) in [7, 11) is 0. The van der Waals surface area contributed by atoms with Crippen molar-refractivity contribution in [2.24, 2.45) is 0 Å². The molecule has 0 heterocycles. The van der Waals surface area contributed by atoms with Gasteiger partial charge in [0.05, 0.1) is 0 Å². The van der Waals surface area contributed by atoms with Gasteiger partial charge < -0.3 is 25.4 Å². The first-order valence-electron chi connectivity index (χ1n) is 11.0. The van der Waals surface area contributed by atoms with Gasteiger partial charge in [-0.2, -0.15) is 0 Å². The molecule has 0 aliphatic heterocycles. The maximum absolute atomic E-state index is 13.6. The van der Waals surface area contributed by atoms with Crippen molar-refractivity contribution >= 4 is 17.9 Å². The minimum Gasteiger partial charge on any atom is -0.508 e. The number of nitrogens with zero attached hydrogens (tertiary/aromatic N) is 1. The van der Waals surface area contributed by atoms with Gasteiger partial charge in [-0.1, -0.05) is 19.1 Å². The first-order valence-corrected chi connectivity index (χ1v) is 11.0. The number of benzene rings is 1. The highest BCUT2D eigenvalue weighted by Gasteiger charge is 2.42. The molecule has 0 bridgehead atoms. The van der Waals surface area contributed by atoms with Crippen molar-refractivity contribution in [2.75, 3.05) is 0 Å². The van der Waals surface area contributed by atoms with Gasteiger partial charge in [-0.25, -0.2) is 4.79 Å². The maximum atomic E-state index is 13.6. The molecule has 180 valence electrons. The summed E-state index contributed by atoms with van der Waals surface area (Å²) in [6, 6.07) is 4.19. The summed E-state index contributed by atoms with van der Waals surface area (Å²) in [4.78, 5) is 40.7. The van der Waals surface area contributed by atoms with Gasteiger partial charge in [0.2, 0.25) is 11.8 Å². The van der Waals surface area contributed by atoms with Gasteiger partial charge in [0.1, 0.15) is 23.4 Å². The van der Waals surface area contributed by atoms with Gasteiger partial charge in [-0.15, -0.1) is 0 Å². The van der Waals surface area contributed by atoms with Crippen LogP contribution >= 0.6 is 0 Å². The van der Waals surface area contributed by atoms with Gasteiger partial charge in [0.15, 0.2) is 0 Å². The van der Waals surface area contributed by atoms with Crippen LogP contribution in [0, 0.1) is 0 Å². The highest BCUT2D eigenvalue weighted by molar-refractivity contribution is 5.92. The molecule has 1 aromatic carbocycles. The molecule has 2 atom stereocenters. The van der Waals surface area contributed by atoms with Gasteiger partial charge in [-0.3, -0.25) is 9.59 Å². The van der Waals surface area contributed by atoms with Crippen LogP contribution < -0.4 is 10.6 Å². The molecular formula is C24H39N3O5. The number of rotatable bonds is 8. The highest BCUT2D eigenvalue weighted by Crippen LogP contribution is 2.32. The van der Waals surface area contributed by atoms with Crippen LogP contribution in [0.25, 0.3) is 0 Å².